The lowest BCUT2D eigenvalue weighted by atomic mass is 9.33. The van der Waals surface area contributed by atoms with Crippen LogP contribution in [0, 0.1) is 62.6 Å². The van der Waals surface area contributed by atoms with Crippen molar-refractivity contribution >= 4 is 29.5 Å². The van der Waals surface area contributed by atoms with Crippen molar-refractivity contribution in [2.24, 2.45) is 62.6 Å². The number of allylic oxidation sites excluding steroid dienone is 1. The molecule has 7 aliphatic rings. The summed E-state index contributed by atoms with van der Waals surface area (Å²) < 4.78 is 6.43. The molecule has 10 atom stereocenters. The van der Waals surface area contributed by atoms with E-state index >= 15 is 0 Å². The van der Waals surface area contributed by atoms with Crippen LogP contribution in [0.3, 0.4) is 0 Å². The Morgan fingerprint density at radius 2 is 1.54 bits per heavy atom. The molecule has 2 heterocycles. The number of benzene rings is 1. The molecule has 1 aromatic carbocycles. The number of Topliss-reactive ketones (excluding diaryl/α,β-unsaturated/α-hetero) is 1. The highest BCUT2D eigenvalue weighted by Crippen LogP contribution is 2.76. The van der Waals surface area contributed by atoms with Crippen LogP contribution in [-0.2, 0) is 23.9 Å². The highest BCUT2D eigenvalue weighted by atomic mass is 16.5. The molecular weight excluding hydrogens is 795 g/mol. The van der Waals surface area contributed by atoms with Gasteiger partial charge in [-0.15, -0.1) is 0 Å². The highest BCUT2D eigenvalue weighted by molar-refractivity contribution is 6.04. The van der Waals surface area contributed by atoms with Gasteiger partial charge in [0, 0.05) is 30.5 Å². The van der Waals surface area contributed by atoms with Crippen LogP contribution in [0.2, 0.25) is 0 Å². The van der Waals surface area contributed by atoms with Gasteiger partial charge in [0.15, 0.2) is 5.78 Å². The standard InChI is InChI=1S/C51H69N5O7/c1-28(2)39-35(57)25-50(54-44(62)51(26-52-27-51)53-41(58)34-24-33(55-56-34)29-13-11-10-12-14-29)22-21-48(8)30(40(39)50)15-16-37-47(7)19-18-38(46(5,6)36(47)17-20-49(37,48)9)63-43(61)32-23-31(42(59)60)45(32,3)4/h10-14,24,28,30-32,36-38,52H,15-23,25-27H2,1-9H3,(H,53,58)(H,54,62)(H,55,56)(H,59,60)/t30-,31+,32-,36+,37-,38+,47+,48-,49-,50-/m1/s1. The number of carbonyl (C=O) groups is 5. The number of rotatable bonds is 9. The van der Waals surface area contributed by atoms with Crippen LogP contribution in [-0.4, -0.2) is 75.1 Å². The van der Waals surface area contributed by atoms with Crippen LogP contribution in [0.15, 0.2) is 47.5 Å². The quantitative estimate of drug-likeness (QED) is 0.158. The van der Waals surface area contributed by atoms with Gasteiger partial charge in [0.1, 0.15) is 17.3 Å². The smallest absolute Gasteiger partial charge is 0.309 e. The second-order valence-electron chi connectivity index (χ2n) is 23.2. The number of aromatic nitrogens is 2. The summed E-state index contributed by atoms with van der Waals surface area (Å²) in [5.41, 5.74) is 0.809. The molecule has 0 unspecified atom stereocenters. The number of ketones is 1. The van der Waals surface area contributed by atoms with Gasteiger partial charge in [0.25, 0.3) is 5.91 Å². The third kappa shape index (κ3) is 6.28. The SMILES string of the molecule is CC(C)C1=C2[C@H]3CC[C@@H]4[C@@]5(C)CC[C@H](OC(=O)[C@H]6C[C@@H](C(=O)O)C6(C)C)C(C)(C)[C@@H]5CC[C@@]4(C)[C@]3(C)CC[C@@]2(NC(=O)C2(NC(=O)c3cc(-c4ccccc4)n[nH]3)CNC2)CC1=O. The lowest BCUT2D eigenvalue weighted by molar-refractivity contribution is -0.235. The van der Waals surface area contributed by atoms with E-state index < -0.39 is 40.2 Å². The summed E-state index contributed by atoms with van der Waals surface area (Å²) in [5, 5.41) is 26.7. The molecule has 0 bridgehead atoms. The van der Waals surface area contributed by atoms with Crippen molar-refractivity contribution in [1.82, 2.24) is 26.1 Å². The summed E-state index contributed by atoms with van der Waals surface area (Å²) in [6.45, 7) is 20.6. The Kier molecular flexibility index (Phi) is 10.2. The first-order chi connectivity index (χ1) is 29.5. The number of fused-ring (bicyclic) bond motifs is 7. The summed E-state index contributed by atoms with van der Waals surface area (Å²) in [6, 6.07) is 11.3. The first-order valence-corrected chi connectivity index (χ1v) is 23.7. The minimum Gasteiger partial charge on any atom is -0.481 e. The van der Waals surface area contributed by atoms with E-state index in [2.05, 4.69) is 74.6 Å². The van der Waals surface area contributed by atoms with Crippen molar-refractivity contribution in [1.29, 1.82) is 0 Å². The zero-order valence-electron chi connectivity index (χ0n) is 38.8. The van der Waals surface area contributed by atoms with Gasteiger partial charge < -0.3 is 25.8 Å². The van der Waals surface area contributed by atoms with Gasteiger partial charge in [-0.05, 0) is 120 Å². The topological polar surface area (TPSA) is 180 Å². The molecule has 6 aliphatic carbocycles. The van der Waals surface area contributed by atoms with Crippen LogP contribution < -0.4 is 16.0 Å². The summed E-state index contributed by atoms with van der Waals surface area (Å²) in [4.78, 5) is 68.4. The average molecular weight is 864 g/mol. The van der Waals surface area contributed by atoms with Crippen molar-refractivity contribution < 1.29 is 33.8 Å². The maximum atomic E-state index is 14.8. The van der Waals surface area contributed by atoms with E-state index in [-0.39, 0.29) is 82.5 Å². The van der Waals surface area contributed by atoms with Crippen LogP contribution >= 0.6 is 0 Å². The van der Waals surface area contributed by atoms with Crippen molar-refractivity contribution in [3.8, 4) is 11.3 Å². The minimum absolute atomic E-state index is 0.00458. The monoisotopic (exact) mass is 864 g/mol. The molecule has 1 aromatic heterocycles. The maximum Gasteiger partial charge on any atom is 0.309 e. The van der Waals surface area contributed by atoms with Crippen LogP contribution in [0.5, 0.6) is 0 Å². The molecule has 6 fully saturated rings. The van der Waals surface area contributed by atoms with Gasteiger partial charge in [-0.1, -0.05) is 92.6 Å². The molecule has 5 N–H and O–H groups in total. The van der Waals surface area contributed by atoms with Crippen molar-refractivity contribution in [2.75, 3.05) is 13.1 Å². The zero-order chi connectivity index (χ0) is 45.3. The predicted octanol–water partition coefficient (Wildman–Crippen LogP) is 7.66. The van der Waals surface area contributed by atoms with Gasteiger partial charge in [-0.2, -0.15) is 5.10 Å². The number of carboxylic acid groups (broad SMARTS) is 1. The van der Waals surface area contributed by atoms with Gasteiger partial charge in [0.2, 0.25) is 5.91 Å². The normalized spacial score (nSPS) is 38.2. The molecule has 2 aromatic rings. The number of carbonyl (C=O) groups excluding carboxylic acids is 4. The van der Waals surface area contributed by atoms with Crippen LogP contribution in [0.1, 0.15) is 137 Å². The van der Waals surface area contributed by atoms with Gasteiger partial charge in [0.05, 0.1) is 23.1 Å². The van der Waals surface area contributed by atoms with Crippen molar-refractivity contribution in [3.63, 3.8) is 0 Å². The number of aliphatic carboxylic acids is 1. The Hall–Kier alpha value is -4.32. The summed E-state index contributed by atoms with van der Waals surface area (Å²) in [6.07, 6.45) is 7.61. The van der Waals surface area contributed by atoms with E-state index in [0.29, 0.717) is 30.4 Å². The minimum atomic E-state index is -1.18. The molecule has 9 rings (SSSR count). The maximum absolute atomic E-state index is 14.8. The number of nitrogens with zero attached hydrogens (tertiary/aromatic N) is 1. The molecule has 0 radical (unpaired) electrons. The van der Waals surface area contributed by atoms with E-state index in [0.717, 1.165) is 61.7 Å². The lowest BCUT2D eigenvalue weighted by Gasteiger charge is -2.72. The Morgan fingerprint density at radius 1 is 0.825 bits per heavy atom. The van der Waals surface area contributed by atoms with E-state index in [1.54, 1.807) is 6.07 Å². The average Bonchev–Trinajstić information content (AvgIpc) is 3.80. The number of carboxylic acids is 1. The molecule has 1 saturated heterocycles. The molecule has 340 valence electrons. The molecule has 2 amide bonds. The van der Waals surface area contributed by atoms with Crippen LogP contribution in [0.25, 0.3) is 11.3 Å². The second-order valence-corrected chi connectivity index (χ2v) is 23.2. The molecular formula is C51H69N5O7. The molecule has 63 heavy (non-hydrogen) atoms. The molecule has 1 aliphatic heterocycles. The molecule has 0 spiro atoms. The largest absolute Gasteiger partial charge is 0.481 e. The number of aromatic amines is 1. The molecule has 12 nitrogen and oxygen atoms in total. The third-order valence-electron chi connectivity index (χ3n) is 19.4. The number of H-pyrrole nitrogens is 1. The fourth-order valence-electron chi connectivity index (χ4n) is 15.4. The number of esters is 1. The fourth-order valence-corrected chi connectivity index (χ4v) is 15.4. The molecule has 12 heteroatoms. The van der Waals surface area contributed by atoms with Crippen molar-refractivity contribution in [3.05, 3.63) is 53.2 Å². The number of amides is 2. The van der Waals surface area contributed by atoms with Crippen LogP contribution in [0.4, 0.5) is 0 Å². The van der Waals surface area contributed by atoms with E-state index in [4.69, 9.17) is 4.74 Å². The number of hydrogen-bond donors (Lipinski definition) is 5. The summed E-state index contributed by atoms with van der Waals surface area (Å²) in [5.74, 6) is -1.68. The predicted molar refractivity (Wildman–Crippen MR) is 238 cm³/mol. The van der Waals surface area contributed by atoms with Crippen molar-refractivity contribution in [2.45, 2.75) is 144 Å². The van der Waals surface area contributed by atoms with Gasteiger partial charge >= 0.3 is 11.9 Å². The Labute approximate surface area is 372 Å². The van der Waals surface area contributed by atoms with Gasteiger partial charge in [-0.25, -0.2) is 0 Å². The number of nitrogens with one attached hydrogen (secondary N) is 4. The van der Waals surface area contributed by atoms with Gasteiger partial charge in [-0.3, -0.25) is 29.1 Å². The number of ether oxygens (including phenoxy) is 1. The third-order valence-corrected chi connectivity index (χ3v) is 19.4. The van der Waals surface area contributed by atoms with E-state index in [1.165, 1.54) is 0 Å². The van der Waals surface area contributed by atoms with E-state index in [9.17, 15) is 29.1 Å². The number of hydrogen-bond acceptors (Lipinski definition) is 8. The highest BCUT2D eigenvalue weighted by Gasteiger charge is 2.71. The first-order valence-electron chi connectivity index (χ1n) is 23.7. The first kappa shape index (κ1) is 43.9. The molecule has 5 saturated carbocycles. The Balaban J connectivity index is 0.953. The summed E-state index contributed by atoms with van der Waals surface area (Å²) >= 11 is 0. The zero-order valence-corrected chi connectivity index (χ0v) is 38.8. The Bertz CT molecular complexity index is 2280. The second kappa shape index (κ2) is 14.6. The summed E-state index contributed by atoms with van der Waals surface area (Å²) in [7, 11) is 0. The Morgan fingerprint density at radius 3 is 2.17 bits per heavy atom. The van der Waals surface area contributed by atoms with E-state index in [1.807, 2.05) is 44.2 Å². The fraction of sp³-hybridized carbons (Fsp3) is 0.686. The lowest BCUT2D eigenvalue weighted by Crippen LogP contribution is -2.77.